The molecule has 0 fully saturated rings. The van der Waals surface area contributed by atoms with E-state index in [1.54, 1.807) is 12.1 Å². The fraction of sp³-hybridized carbons (Fsp3) is 0.200. The number of nitrogens with zero attached hydrogens (tertiary/aromatic N) is 1. The van der Waals surface area contributed by atoms with E-state index < -0.39 is 38.9 Å². The second-order valence-electron chi connectivity index (χ2n) is 5.10. The van der Waals surface area contributed by atoms with Crippen molar-refractivity contribution in [2.75, 3.05) is 23.4 Å². The molecule has 0 atom stereocenters. The molecular formula is C15H14F3N3O3S. The molecule has 0 aliphatic rings. The first kappa shape index (κ1) is 18.7. The van der Waals surface area contributed by atoms with E-state index in [4.69, 9.17) is 0 Å². The lowest BCUT2D eigenvalue weighted by molar-refractivity contribution is -0.139. The van der Waals surface area contributed by atoms with Crippen molar-refractivity contribution in [2.45, 2.75) is 11.1 Å². The molecule has 0 radical (unpaired) electrons. The van der Waals surface area contributed by atoms with Crippen LogP contribution >= 0.6 is 0 Å². The van der Waals surface area contributed by atoms with Crippen LogP contribution in [0.4, 0.5) is 24.5 Å². The summed E-state index contributed by atoms with van der Waals surface area (Å²) in [7, 11) is -4.18. The number of hydrogen-bond acceptors (Lipinski definition) is 5. The number of carbonyl (C=O) groups is 1. The Bertz CT molecular complexity index is 869. The average molecular weight is 373 g/mol. The van der Waals surface area contributed by atoms with Gasteiger partial charge in [0.2, 0.25) is 5.91 Å². The molecule has 10 heteroatoms. The molecular weight excluding hydrogens is 359 g/mol. The van der Waals surface area contributed by atoms with E-state index in [0.717, 1.165) is 6.07 Å². The zero-order valence-electron chi connectivity index (χ0n) is 13.0. The van der Waals surface area contributed by atoms with E-state index in [2.05, 4.69) is 15.6 Å². The first-order valence-electron chi connectivity index (χ1n) is 6.93. The van der Waals surface area contributed by atoms with Gasteiger partial charge in [-0.05, 0) is 24.3 Å². The molecule has 0 saturated carbocycles. The lowest BCUT2D eigenvalue weighted by Gasteiger charge is -2.16. The van der Waals surface area contributed by atoms with Gasteiger partial charge in [0, 0.05) is 12.5 Å². The Morgan fingerprint density at radius 3 is 2.48 bits per heavy atom. The first-order valence-corrected chi connectivity index (χ1v) is 8.82. The standard InChI is InChI=1S/C15H14F3N3O3S/c1-25(23,24)14-11(15(16,17)18)5-2-6-12(14)20-9-13(22)21-10-4-3-7-19-8-10/h2-8,20H,9H2,1H3,(H,21,22). The number of anilines is 2. The summed E-state index contributed by atoms with van der Waals surface area (Å²) in [5.41, 5.74) is -1.17. The average Bonchev–Trinajstić information content (AvgIpc) is 2.52. The second kappa shape index (κ2) is 7.09. The summed E-state index contributed by atoms with van der Waals surface area (Å²) in [5.74, 6) is -0.565. The molecule has 1 amide bonds. The van der Waals surface area contributed by atoms with Crippen LogP contribution in [-0.2, 0) is 20.8 Å². The molecule has 2 N–H and O–H groups in total. The third kappa shape index (κ3) is 4.92. The molecule has 0 unspecified atom stereocenters. The molecule has 1 aromatic heterocycles. The summed E-state index contributed by atoms with van der Waals surface area (Å²) in [6.45, 7) is -0.418. The van der Waals surface area contributed by atoms with Gasteiger partial charge in [-0.1, -0.05) is 6.07 Å². The Morgan fingerprint density at radius 2 is 1.92 bits per heavy atom. The number of amides is 1. The van der Waals surface area contributed by atoms with Gasteiger partial charge in [-0.15, -0.1) is 0 Å². The number of benzene rings is 1. The molecule has 0 aliphatic carbocycles. The van der Waals surface area contributed by atoms with Crippen molar-refractivity contribution in [3.8, 4) is 0 Å². The Labute approximate surface area is 142 Å². The zero-order valence-corrected chi connectivity index (χ0v) is 13.8. The van der Waals surface area contributed by atoms with Crippen LogP contribution in [0.3, 0.4) is 0 Å². The van der Waals surface area contributed by atoms with Crippen molar-refractivity contribution >= 4 is 27.1 Å². The number of carbonyl (C=O) groups excluding carboxylic acids is 1. The molecule has 134 valence electrons. The Balaban J connectivity index is 2.24. The molecule has 1 heterocycles. The van der Waals surface area contributed by atoms with Gasteiger partial charge < -0.3 is 10.6 Å². The fourth-order valence-electron chi connectivity index (χ4n) is 2.12. The quantitative estimate of drug-likeness (QED) is 0.841. The van der Waals surface area contributed by atoms with Crippen LogP contribution in [0.5, 0.6) is 0 Å². The normalized spacial score (nSPS) is 11.8. The fourth-order valence-corrected chi connectivity index (χ4v) is 3.24. The number of pyridine rings is 1. The van der Waals surface area contributed by atoms with E-state index in [1.807, 2.05) is 0 Å². The minimum atomic E-state index is -4.84. The summed E-state index contributed by atoms with van der Waals surface area (Å²) < 4.78 is 62.8. The summed E-state index contributed by atoms with van der Waals surface area (Å²) >= 11 is 0. The van der Waals surface area contributed by atoms with Gasteiger partial charge in [0.1, 0.15) is 4.90 Å². The Kier molecular flexibility index (Phi) is 5.31. The van der Waals surface area contributed by atoms with E-state index in [9.17, 15) is 26.4 Å². The largest absolute Gasteiger partial charge is 0.417 e. The minimum absolute atomic E-state index is 0.293. The molecule has 0 bridgehead atoms. The lowest BCUT2D eigenvalue weighted by Crippen LogP contribution is -2.23. The number of alkyl halides is 3. The van der Waals surface area contributed by atoms with Crippen LogP contribution in [0.2, 0.25) is 0 Å². The van der Waals surface area contributed by atoms with Crippen LogP contribution in [0.1, 0.15) is 5.56 Å². The van der Waals surface area contributed by atoms with Gasteiger partial charge in [-0.2, -0.15) is 13.2 Å². The highest BCUT2D eigenvalue weighted by molar-refractivity contribution is 7.91. The smallest absolute Gasteiger partial charge is 0.375 e. The third-order valence-corrected chi connectivity index (χ3v) is 4.26. The van der Waals surface area contributed by atoms with Gasteiger partial charge >= 0.3 is 6.18 Å². The zero-order chi connectivity index (χ0) is 18.7. The van der Waals surface area contributed by atoms with E-state index in [0.29, 0.717) is 18.0 Å². The van der Waals surface area contributed by atoms with Crippen molar-refractivity contribution in [3.05, 3.63) is 48.3 Å². The maximum absolute atomic E-state index is 13.1. The predicted octanol–water partition coefficient (Wildman–Crippen LogP) is 2.55. The highest BCUT2D eigenvalue weighted by Gasteiger charge is 2.37. The first-order chi connectivity index (χ1) is 11.6. The summed E-state index contributed by atoms with van der Waals surface area (Å²) in [6.07, 6.45) is -1.26. The predicted molar refractivity (Wildman–Crippen MR) is 85.9 cm³/mol. The van der Waals surface area contributed by atoms with E-state index >= 15 is 0 Å². The van der Waals surface area contributed by atoms with E-state index in [1.165, 1.54) is 18.5 Å². The van der Waals surface area contributed by atoms with Gasteiger partial charge in [0.05, 0.1) is 29.7 Å². The summed E-state index contributed by atoms with van der Waals surface area (Å²) in [5, 5.41) is 4.92. The molecule has 2 rings (SSSR count). The Morgan fingerprint density at radius 1 is 1.20 bits per heavy atom. The SMILES string of the molecule is CS(=O)(=O)c1c(NCC(=O)Nc2cccnc2)cccc1C(F)(F)F. The maximum atomic E-state index is 13.1. The van der Waals surface area contributed by atoms with Gasteiger partial charge in [0.25, 0.3) is 0 Å². The van der Waals surface area contributed by atoms with Gasteiger partial charge in [0.15, 0.2) is 9.84 Å². The van der Waals surface area contributed by atoms with Crippen LogP contribution in [0, 0.1) is 0 Å². The van der Waals surface area contributed by atoms with Crippen molar-refractivity contribution in [1.29, 1.82) is 0 Å². The Hall–Kier alpha value is -2.62. The van der Waals surface area contributed by atoms with Crippen molar-refractivity contribution in [2.24, 2.45) is 0 Å². The number of aromatic nitrogens is 1. The maximum Gasteiger partial charge on any atom is 0.417 e. The molecule has 0 spiro atoms. The molecule has 6 nitrogen and oxygen atoms in total. The monoisotopic (exact) mass is 373 g/mol. The topological polar surface area (TPSA) is 88.2 Å². The number of rotatable bonds is 5. The third-order valence-electron chi connectivity index (χ3n) is 3.08. The van der Waals surface area contributed by atoms with E-state index in [-0.39, 0.29) is 5.69 Å². The van der Waals surface area contributed by atoms with Crippen LogP contribution in [-0.4, -0.2) is 32.1 Å². The number of halogens is 3. The molecule has 0 saturated heterocycles. The highest BCUT2D eigenvalue weighted by Crippen LogP contribution is 2.37. The lowest BCUT2D eigenvalue weighted by atomic mass is 10.2. The number of sulfone groups is 1. The highest BCUT2D eigenvalue weighted by atomic mass is 32.2. The van der Waals surface area contributed by atoms with Crippen molar-refractivity contribution < 1.29 is 26.4 Å². The molecule has 2 aromatic rings. The number of hydrogen-bond donors (Lipinski definition) is 2. The van der Waals surface area contributed by atoms with Crippen LogP contribution in [0.25, 0.3) is 0 Å². The molecule has 25 heavy (non-hydrogen) atoms. The summed E-state index contributed by atoms with van der Waals surface area (Å²) in [6, 6.07) is 6.09. The molecule has 1 aromatic carbocycles. The molecule has 0 aliphatic heterocycles. The minimum Gasteiger partial charge on any atom is -0.375 e. The van der Waals surface area contributed by atoms with Crippen LogP contribution in [0.15, 0.2) is 47.6 Å². The second-order valence-corrected chi connectivity index (χ2v) is 7.05. The van der Waals surface area contributed by atoms with Crippen molar-refractivity contribution in [3.63, 3.8) is 0 Å². The number of nitrogens with one attached hydrogen (secondary N) is 2. The van der Waals surface area contributed by atoms with Crippen molar-refractivity contribution in [1.82, 2.24) is 4.98 Å². The van der Waals surface area contributed by atoms with Gasteiger partial charge in [-0.25, -0.2) is 8.42 Å². The van der Waals surface area contributed by atoms with Crippen LogP contribution < -0.4 is 10.6 Å². The summed E-state index contributed by atoms with van der Waals surface area (Å²) in [4.78, 5) is 14.8. The van der Waals surface area contributed by atoms with Gasteiger partial charge in [-0.3, -0.25) is 9.78 Å².